The Kier molecular flexibility index (Phi) is 8.31. The van der Waals surface area contributed by atoms with Crippen molar-refractivity contribution in [1.82, 2.24) is 19.5 Å². The fourth-order valence-electron chi connectivity index (χ4n) is 4.89. The van der Waals surface area contributed by atoms with Crippen LogP contribution in [0.15, 0.2) is 97.3 Å². The summed E-state index contributed by atoms with van der Waals surface area (Å²) >= 11 is 6.18. The first-order valence-electron chi connectivity index (χ1n) is 13.7. The van der Waals surface area contributed by atoms with Crippen LogP contribution in [-0.2, 0) is 18.9 Å². The molecule has 0 radical (unpaired) electrons. The minimum atomic E-state index is -1.22. The van der Waals surface area contributed by atoms with Crippen LogP contribution in [-0.4, -0.2) is 62.3 Å². The lowest BCUT2D eigenvalue weighted by molar-refractivity contribution is -0.0606. The van der Waals surface area contributed by atoms with Crippen LogP contribution in [0.25, 0.3) is 11.2 Å². The molecule has 0 unspecified atom stereocenters. The maximum absolute atomic E-state index is 13.4. The molecular formula is C32H25ClN4O7. The first-order valence-corrected chi connectivity index (χ1v) is 14.0. The zero-order valence-corrected chi connectivity index (χ0v) is 24.0. The van der Waals surface area contributed by atoms with Gasteiger partial charge in [0.15, 0.2) is 24.1 Å². The van der Waals surface area contributed by atoms with Crippen molar-refractivity contribution >= 4 is 40.7 Å². The first kappa shape index (κ1) is 29.0. The van der Waals surface area contributed by atoms with Gasteiger partial charge in [-0.3, -0.25) is 4.57 Å². The van der Waals surface area contributed by atoms with Crippen LogP contribution in [0, 0.1) is 6.92 Å². The maximum Gasteiger partial charge on any atom is 0.338 e. The van der Waals surface area contributed by atoms with E-state index in [2.05, 4.69) is 15.0 Å². The number of carbonyl (C=O) groups excluding carboxylic acids is 3. The van der Waals surface area contributed by atoms with Gasteiger partial charge < -0.3 is 18.9 Å². The average Bonchev–Trinajstić information content (AvgIpc) is 3.62. The minimum Gasteiger partial charge on any atom is -0.459 e. The zero-order valence-electron chi connectivity index (χ0n) is 23.3. The number of aromatic nitrogens is 4. The second-order valence-electron chi connectivity index (χ2n) is 9.90. The van der Waals surface area contributed by atoms with E-state index in [1.165, 1.54) is 10.9 Å². The quantitative estimate of drug-likeness (QED) is 0.134. The molecule has 1 fully saturated rings. The number of nitrogens with zero attached hydrogens (tertiary/aromatic N) is 4. The molecule has 0 saturated carbocycles. The van der Waals surface area contributed by atoms with Gasteiger partial charge in [-0.1, -0.05) is 54.6 Å². The second-order valence-corrected chi connectivity index (χ2v) is 10.2. The molecule has 44 heavy (non-hydrogen) atoms. The molecule has 0 aliphatic carbocycles. The van der Waals surface area contributed by atoms with Crippen LogP contribution >= 0.6 is 11.6 Å². The molecule has 222 valence electrons. The molecule has 0 N–H and O–H groups in total. The smallest absolute Gasteiger partial charge is 0.338 e. The number of carbonyl (C=O) groups is 3. The van der Waals surface area contributed by atoms with Crippen LogP contribution in [0.2, 0.25) is 5.28 Å². The van der Waals surface area contributed by atoms with Crippen LogP contribution in [0.5, 0.6) is 0 Å². The summed E-state index contributed by atoms with van der Waals surface area (Å²) in [7, 11) is 0. The Hall–Kier alpha value is -5.13. The molecule has 5 aromatic rings. The standard InChI is InChI=1S/C32H25ClN4O7/c1-19-24-27(36-32(33)35-19)37(18-34-24)28-26(44-31(40)22-15-9-4-10-16-22)25(43-30(39)21-13-7-3-8-14-21)23(42-28)17-41-29(38)20-11-5-2-6-12-20/h2-16,18,23,25-26,28H,17H2,1H3/t23-,25-,26-,28-/m1/s1. The third-order valence-corrected chi connectivity index (χ3v) is 7.19. The summed E-state index contributed by atoms with van der Waals surface area (Å²) in [6.07, 6.45) is -3.13. The lowest BCUT2D eigenvalue weighted by Gasteiger charge is -2.25. The number of ether oxygens (including phenoxy) is 4. The van der Waals surface area contributed by atoms with E-state index in [0.717, 1.165) is 0 Å². The molecule has 1 aliphatic rings. The molecule has 11 nitrogen and oxygen atoms in total. The van der Waals surface area contributed by atoms with Gasteiger partial charge in [-0.15, -0.1) is 0 Å². The molecule has 1 saturated heterocycles. The molecule has 6 rings (SSSR count). The Morgan fingerprint density at radius 1 is 0.773 bits per heavy atom. The molecule has 3 heterocycles. The fourth-order valence-corrected chi connectivity index (χ4v) is 5.10. The lowest BCUT2D eigenvalue weighted by Crippen LogP contribution is -2.41. The molecule has 0 bridgehead atoms. The third-order valence-electron chi connectivity index (χ3n) is 7.02. The number of esters is 3. The highest BCUT2D eigenvalue weighted by molar-refractivity contribution is 6.28. The first-order chi connectivity index (χ1) is 21.4. The van der Waals surface area contributed by atoms with Crippen molar-refractivity contribution in [3.05, 3.63) is 125 Å². The van der Waals surface area contributed by atoms with Crippen molar-refractivity contribution in [2.24, 2.45) is 0 Å². The number of hydrogen-bond acceptors (Lipinski definition) is 10. The minimum absolute atomic E-state index is 0.0204. The zero-order chi connectivity index (χ0) is 30.6. The van der Waals surface area contributed by atoms with Gasteiger partial charge in [0.25, 0.3) is 0 Å². The number of rotatable bonds is 8. The van der Waals surface area contributed by atoms with E-state index in [4.69, 9.17) is 30.5 Å². The van der Waals surface area contributed by atoms with E-state index in [-0.39, 0.29) is 23.0 Å². The van der Waals surface area contributed by atoms with Gasteiger partial charge in [0.2, 0.25) is 5.28 Å². The Morgan fingerprint density at radius 3 is 1.86 bits per heavy atom. The summed E-state index contributed by atoms with van der Waals surface area (Å²) in [5.74, 6) is -1.97. The van der Waals surface area contributed by atoms with Crippen molar-refractivity contribution in [3.8, 4) is 0 Å². The van der Waals surface area contributed by atoms with Gasteiger partial charge in [-0.25, -0.2) is 24.4 Å². The highest BCUT2D eigenvalue weighted by Gasteiger charge is 2.52. The van der Waals surface area contributed by atoms with Gasteiger partial charge in [-0.2, -0.15) is 4.98 Å². The third kappa shape index (κ3) is 6.01. The highest BCUT2D eigenvalue weighted by atomic mass is 35.5. The number of halogens is 1. The van der Waals surface area contributed by atoms with Crippen molar-refractivity contribution in [3.63, 3.8) is 0 Å². The monoisotopic (exact) mass is 612 g/mol. The molecule has 12 heteroatoms. The summed E-state index contributed by atoms with van der Waals surface area (Å²) in [5, 5.41) is -0.0204. The van der Waals surface area contributed by atoms with Crippen LogP contribution in [0.4, 0.5) is 0 Å². The van der Waals surface area contributed by atoms with Crippen molar-refractivity contribution in [2.45, 2.75) is 31.5 Å². The van der Waals surface area contributed by atoms with Crippen molar-refractivity contribution < 1.29 is 33.3 Å². The molecule has 3 aromatic carbocycles. The fraction of sp³-hybridized carbons (Fsp3) is 0.188. The van der Waals surface area contributed by atoms with Crippen LogP contribution < -0.4 is 0 Å². The van der Waals surface area contributed by atoms with Crippen molar-refractivity contribution in [2.75, 3.05) is 6.61 Å². The summed E-state index contributed by atoms with van der Waals surface area (Å²) in [6, 6.07) is 25.1. The van der Waals surface area contributed by atoms with E-state index >= 15 is 0 Å². The Balaban J connectivity index is 1.39. The van der Waals surface area contributed by atoms with Gasteiger partial charge in [-0.05, 0) is 54.9 Å². The van der Waals surface area contributed by atoms with Crippen LogP contribution in [0.3, 0.4) is 0 Å². The molecule has 2 aromatic heterocycles. The van der Waals surface area contributed by atoms with E-state index in [1.807, 2.05) is 0 Å². The summed E-state index contributed by atoms with van der Waals surface area (Å²) in [4.78, 5) is 52.4. The number of fused-ring (bicyclic) bond motifs is 1. The lowest BCUT2D eigenvalue weighted by atomic mass is 10.1. The molecule has 4 atom stereocenters. The number of hydrogen-bond donors (Lipinski definition) is 0. The molecule has 0 amide bonds. The topological polar surface area (TPSA) is 132 Å². The Bertz CT molecular complexity index is 1800. The number of imidazole rings is 1. The van der Waals surface area contributed by atoms with E-state index in [0.29, 0.717) is 22.4 Å². The highest BCUT2D eigenvalue weighted by Crippen LogP contribution is 2.37. The predicted octanol–water partition coefficient (Wildman–Crippen LogP) is 4.99. The molecule has 1 aliphatic heterocycles. The van der Waals surface area contributed by atoms with Gasteiger partial charge >= 0.3 is 17.9 Å². The van der Waals surface area contributed by atoms with Gasteiger partial charge in [0, 0.05) is 0 Å². The molecule has 0 spiro atoms. The summed E-state index contributed by atoms with van der Waals surface area (Å²) in [6.45, 7) is 1.41. The summed E-state index contributed by atoms with van der Waals surface area (Å²) < 4.78 is 25.5. The average molecular weight is 613 g/mol. The van der Waals surface area contributed by atoms with Gasteiger partial charge in [0.05, 0.1) is 28.7 Å². The van der Waals surface area contributed by atoms with Crippen LogP contribution in [0.1, 0.15) is 43.0 Å². The predicted molar refractivity (Wildman–Crippen MR) is 157 cm³/mol. The summed E-state index contributed by atoms with van der Waals surface area (Å²) in [5.41, 5.74) is 2.15. The Morgan fingerprint density at radius 2 is 1.30 bits per heavy atom. The van der Waals surface area contributed by atoms with Gasteiger partial charge in [0.1, 0.15) is 18.2 Å². The number of aryl methyl sites for hydroxylation is 1. The second kappa shape index (κ2) is 12.6. The largest absolute Gasteiger partial charge is 0.459 e. The normalized spacial score (nSPS) is 19.4. The SMILES string of the molecule is Cc1nc(Cl)nc2c1ncn2[C@@H]1O[C@H](COC(=O)c2ccccc2)[C@@H](OC(=O)c2ccccc2)[C@H]1OC(=O)c1ccccc1. The van der Waals surface area contributed by atoms with E-state index in [1.54, 1.807) is 97.9 Å². The van der Waals surface area contributed by atoms with E-state index in [9.17, 15) is 14.4 Å². The Labute approximate surface area is 256 Å². The van der Waals surface area contributed by atoms with E-state index < -0.39 is 42.4 Å². The number of benzene rings is 3. The molecular weight excluding hydrogens is 588 g/mol. The maximum atomic E-state index is 13.4. The van der Waals surface area contributed by atoms with Crippen molar-refractivity contribution in [1.29, 1.82) is 0 Å².